The Kier molecular flexibility index (Phi) is 5.38. The van der Waals surface area contributed by atoms with Crippen LogP contribution in [0.5, 0.6) is 0 Å². The Balaban J connectivity index is 1.77. The molecule has 25 heavy (non-hydrogen) atoms. The maximum absolute atomic E-state index is 13.2. The molecular weight excluding hydrogens is 357 g/mol. The lowest BCUT2D eigenvalue weighted by Gasteiger charge is -2.38. The summed E-state index contributed by atoms with van der Waals surface area (Å²) < 4.78 is 5.86. The Labute approximate surface area is 158 Å². The van der Waals surface area contributed by atoms with Crippen molar-refractivity contribution in [3.63, 3.8) is 0 Å². The highest BCUT2D eigenvalue weighted by molar-refractivity contribution is 6.30. The van der Waals surface area contributed by atoms with Gasteiger partial charge in [-0.15, -0.1) is 0 Å². The van der Waals surface area contributed by atoms with Crippen LogP contribution in [0.3, 0.4) is 0 Å². The quantitative estimate of drug-likeness (QED) is 0.763. The first-order valence-electron chi connectivity index (χ1n) is 8.30. The number of ether oxygens (including phenoxy) is 1. The van der Waals surface area contributed by atoms with Gasteiger partial charge in [0.2, 0.25) is 5.91 Å². The minimum atomic E-state index is -0.619. The molecular formula is C20H21Cl2NO2. The summed E-state index contributed by atoms with van der Waals surface area (Å²) in [5.41, 5.74) is 1.37. The molecule has 1 heterocycles. The van der Waals surface area contributed by atoms with Crippen molar-refractivity contribution in [2.75, 3.05) is 19.7 Å². The number of morpholine rings is 1. The Bertz CT molecular complexity index is 741. The van der Waals surface area contributed by atoms with Gasteiger partial charge in [0.15, 0.2) is 0 Å². The molecule has 2 aromatic rings. The van der Waals surface area contributed by atoms with Crippen LogP contribution in [-0.4, -0.2) is 30.5 Å². The van der Waals surface area contributed by atoms with Gasteiger partial charge in [-0.25, -0.2) is 0 Å². The number of carbonyl (C=O) groups is 1. The maximum Gasteiger partial charge on any atom is 0.232 e. The van der Waals surface area contributed by atoms with Crippen molar-refractivity contribution in [2.45, 2.75) is 25.4 Å². The first-order valence-corrected chi connectivity index (χ1v) is 9.06. The molecule has 0 bridgehead atoms. The number of amides is 1. The van der Waals surface area contributed by atoms with Gasteiger partial charge in [0.1, 0.15) is 6.10 Å². The van der Waals surface area contributed by atoms with Gasteiger partial charge in [0.05, 0.1) is 18.6 Å². The van der Waals surface area contributed by atoms with Crippen molar-refractivity contribution in [3.05, 3.63) is 69.7 Å². The fraction of sp³-hybridized carbons (Fsp3) is 0.350. The van der Waals surface area contributed by atoms with E-state index in [4.69, 9.17) is 27.9 Å². The SMILES string of the molecule is CC(C)(C(=O)N1CCOC(c2ccc(Cl)cc2)C1)c1ccc(Cl)cc1. The Morgan fingerprint density at radius 3 is 2.20 bits per heavy atom. The van der Waals surface area contributed by atoms with Crippen LogP contribution in [0.25, 0.3) is 0 Å². The molecule has 1 saturated heterocycles. The van der Waals surface area contributed by atoms with E-state index in [9.17, 15) is 4.79 Å². The molecule has 1 atom stereocenters. The highest BCUT2D eigenvalue weighted by Gasteiger charge is 2.36. The normalized spacial score (nSPS) is 18.2. The topological polar surface area (TPSA) is 29.5 Å². The average Bonchev–Trinajstić information content (AvgIpc) is 2.62. The van der Waals surface area contributed by atoms with E-state index in [1.165, 1.54) is 0 Å². The van der Waals surface area contributed by atoms with E-state index in [-0.39, 0.29) is 12.0 Å². The van der Waals surface area contributed by atoms with E-state index >= 15 is 0 Å². The van der Waals surface area contributed by atoms with Gasteiger partial charge in [-0.2, -0.15) is 0 Å². The van der Waals surface area contributed by atoms with Crippen molar-refractivity contribution in [1.29, 1.82) is 0 Å². The van der Waals surface area contributed by atoms with Crippen LogP contribution < -0.4 is 0 Å². The number of halogens is 2. The van der Waals surface area contributed by atoms with Crippen LogP contribution in [0, 0.1) is 0 Å². The first-order chi connectivity index (χ1) is 11.9. The third-order valence-electron chi connectivity index (χ3n) is 4.70. The van der Waals surface area contributed by atoms with Gasteiger partial charge in [0, 0.05) is 16.6 Å². The summed E-state index contributed by atoms with van der Waals surface area (Å²) in [7, 11) is 0. The second-order valence-corrected chi connectivity index (χ2v) is 7.67. The number of hydrogen-bond acceptors (Lipinski definition) is 2. The molecule has 0 spiro atoms. The molecule has 2 aromatic carbocycles. The Morgan fingerprint density at radius 1 is 1.04 bits per heavy atom. The summed E-state index contributed by atoms with van der Waals surface area (Å²) in [5.74, 6) is 0.0945. The molecule has 0 aliphatic carbocycles. The van der Waals surface area contributed by atoms with Crippen molar-refractivity contribution >= 4 is 29.1 Å². The van der Waals surface area contributed by atoms with E-state index in [1.54, 1.807) is 0 Å². The van der Waals surface area contributed by atoms with Crippen LogP contribution in [0.2, 0.25) is 10.0 Å². The highest BCUT2D eigenvalue weighted by atomic mass is 35.5. The van der Waals surface area contributed by atoms with Gasteiger partial charge in [0.25, 0.3) is 0 Å². The zero-order chi connectivity index (χ0) is 18.0. The molecule has 3 nitrogen and oxygen atoms in total. The molecule has 1 aliphatic heterocycles. The van der Waals surface area contributed by atoms with Gasteiger partial charge < -0.3 is 9.64 Å². The minimum Gasteiger partial charge on any atom is -0.370 e. The highest BCUT2D eigenvalue weighted by Crippen LogP contribution is 2.30. The number of benzene rings is 2. The standard InChI is InChI=1S/C20H21Cl2NO2/c1-20(2,15-5-9-17(22)10-6-15)19(24)23-11-12-25-18(13-23)14-3-7-16(21)8-4-14/h3-10,18H,11-13H2,1-2H3. The lowest BCUT2D eigenvalue weighted by Crippen LogP contribution is -2.49. The number of nitrogens with zero attached hydrogens (tertiary/aromatic N) is 1. The lowest BCUT2D eigenvalue weighted by atomic mass is 9.83. The van der Waals surface area contributed by atoms with Crippen LogP contribution in [0.4, 0.5) is 0 Å². The molecule has 0 radical (unpaired) electrons. The second-order valence-electron chi connectivity index (χ2n) is 6.79. The summed E-state index contributed by atoms with van der Waals surface area (Å²) in [6.45, 7) is 5.56. The Hall–Kier alpha value is -1.55. The number of carbonyl (C=O) groups excluding carboxylic acids is 1. The van der Waals surface area contributed by atoms with Crippen LogP contribution in [0.1, 0.15) is 31.1 Å². The number of rotatable bonds is 3. The smallest absolute Gasteiger partial charge is 0.232 e. The lowest BCUT2D eigenvalue weighted by molar-refractivity contribution is -0.144. The fourth-order valence-corrected chi connectivity index (χ4v) is 3.35. The van der Waals surface area contributed by atoms with E-state index in [2.05, 4.69) is 0 Å². The molecule has 1 unspecified atom stereocenters. The predicted octanol–water partition coefficient (Wildman–Crippen LogP) is 4.87. The molecule has 5 heteroatoms. The van der Waals surface area contributed by atoms with E-state index in [0.29, 0.717) is 29.7 Å². The maximum atomic E-state index is 13.2. The third-order valence-corrected chi connectivity index (χ3v) is 5.20. The molecule has 3 rings (SSSR count). The zero-order valence-electron chi connectivity index (χ0n) is 14.3. The van der Waals surface area contributed by atoms with Crippen molar-refractivity contribution in [3.8, 4) is 0 Å². The summed E-state index contributed by atoms with van der Waals surface area (Å²) in [6, 6.07) is 15.1. The van der Waals surface area contributed by atoms with Crippen molar-refractivity contribution in [1.82, 2.24) is 4.90 Å². The van der Waals surface area contributed by atoms with Crippen LogP contribution >= 0.6 is 23.2 Å². The first kappa shape index (κ1) is 18.2. The summed E-state index contributed by atoms with van der Waals surface area (Å²) in [4.78, 5) is 15.0. The molecule has 1 amide bonds. The molecule has 1 aliphatic rings. The fourth-order valence-electron chi connectivity index (χ4n) is 3.10. The Morgan fingerprint density at radius 2 is 1.60 bits per heavy atom. The van der Waals surface area contributed by atoms with Crippen LogP contribution in [0.15, 0.2) is 48.5 Å². The van der Waals surface area contributed by atoms with Gasteiger partial charge in [-0.05, 0) is 49.2 Å². The van der Waals surface area contributed by atoms with Gasteiger partial charge in [-0.1, -0.05) is 47.5 Å². The van der Waals surface area contributed by atoms with Crippen molar-refractivity contribution < 1.29 is 9.53 Å². The minimum absolute atomic E-state index is 0.0945. The third kappa shape index (κ3) is 4.00. The second kappa shape index (κ2) is 7.36. The van der Waals surface area contributed by atoms with Crippen LogP contribution in [-0.2, 0) is 14.9 Å². The zero-order valence-corrected chi connectivity index (χ0v) is 15.8. The molecule has 0 saturated carbocycles. The largest absolute Gasteiger partial charge is 0.370 e. The summed E-state index contributed by atoms with van der Waals surface area (Å²) in [6.07, 6.45) is -0.129. The predicted molar refractivity (Wildman–Crippen MR) is 101 cm³/mol. The van der Waals surface area contributed by atoms with E-state index in [0.717, 1.165) is 11.1 Å². The molecule has 0 N–H and O–H groups in total. The van der Waals surface area contributed by atoms with Gasteiger partial charge in [-0.3, -0.25) is 4.79 Å². The number of hydrogen-bond donors (Lipinski definition) is 0. The van der Waals surface area contributed by atoms with Gasteiger partial charge >= 0.3 is 0 Å². The molecule has 132 valence electrons. The monoisotopic (exact) mass is 377 g/mol. The molecule has 0 aromatic heterocycles. The summed E-state index contributed by atoms with van der Waals surface area (Å²) in [5, 5.41) is 1.36. The average molecular weight is 378 g/mol. The van der Waals surface area contributed by atoms with E-state index < -0.39 is 5.41 Å². The molecule has 1 fully saturated rings. The summed E-state index contributed by atoms with van der Waals surface area (Å²) >= 11 is 11.9. The van der Waals surface area contributed by atoms with Crippen molar-refractivity contribution in [2.24, 2.45) is 0 Å². The van der Waals surface area contributed by atoms with E-state index in [1.807, 2.05) is 67.3 Å².